The quantitative estimate of drug-likeness (QED) is 0.723. The summed E-state index contributed by atoms with van der Waals surface area (Å²) in [6.45, 7) is 5.59. The van der Waals surface area contributed by atoms with Crippen molar-refractivity contribution in [3.8, 4) is 0 Å². The number of rotatable bonds is 3. The molecule has 4 rings (SSSR count). The van der Waals surface area contributed by atoms with Gasteiger partial charge in [-0.25, -0.2) is 19.7 Å². The van der Waals surface area contributed by atoms with Gasteiger partial charge in [0.05, 0.1) is 11.4 Å². The fraction of sp³-hybridized carbons (Fsp3) is 0.444. The molecular formula is C18H23N7OS. The van der Waals surface area contributed by atoms with Crippen molar-refractivity contribution in [1.82, 2.24) is 24.8 Å². The molecule has 9 heteroatoms. The van der Waals surface area contributed by atoms with Crippen LogP contribution in [0.5, 0.6) is 0 Å². The number of hydrogen-bond donors (Lipinski definition) is 2. The average Bonchev–Trinajstić information content (AvgIpc) is 3.30. The summed E-state index contributed by atoms with van der Waals surface area (Å²) in [5.74, 6) is 1.33. The number of aromatic amines is 1. The molecule has 3 aromatic heterocycles. The highest BCUT2D eigenvalue weighted by Gasteiger charge is 2.33. The number of carbonyl (C=O) groups is 1. The van der Waals surface area contributed by atoms with Crippen molar-refractivity contribution in [2.75, 3.05) is 30.4 Å². The number of likely N-dealkylation sites (N-methyl/N-ethyl adjacent to an activating group) is 1. The fourth-order valence-electron chi connectivity index (χ4n) is 3.62. The van der Waals surface area contributed by atoms with Crippen molar-refractivity contribution in [2.24, 2.45) is 5.92 Å². The number of carbonyl (C=O) groups excluding carboxylic acids is 1. The van der Waals surface area contributed by atoms with Crippen molar-refractivity contribution in [1.29, 1.82) is 0 Å². The lowest BCUT2D eigenvalue weighted by molar-refractivity contribution is 0.172. The topological polar surface area (TPSA) is 90.0 Å². The maximum Gasteiger partial charge on any atom is 0.323 e. The lowest BCUT2D eigenvalue weighted by Gasteiger charge is -2.42. The van der Waals surface area contributed by atoms with E-state index in [1.807, 2.05) is 31.1 Å². The summed E-state index contributed by atoms with van der Waals surface area (Å²) in [6, 6.07) is 2.07. The Bertz CT molecular complexity index is 952. The third-order valence-electron chi connectivity index (χ3n) is 5.21. The summed E-state index contributed by atoms with van der Waals surface area (Å²) >= 11 is 1.49. The third kappa shape index (κ3) is 3.46. The van der Waals surface area contributed by atoms with Gasteiger partial charge in [0.2, 0.25) is 0 Å². The van der Waals surface area contributed by atoms with Gasteiger partial charge in [-0.15, -0.1) is 11.3 Å². The van der Waals surface area contributed by atoms with Crippen molar-refractivity contribution < 1.29 is 4.79 Å². The molecule has 142 valence electrons. The molecule has 1 saturated heterocycles. The Hall–Kier alpha value is -2.68. The number of H-pyrrole nitrogens is 1. The highest BCUT2D eigenvalue weighted by atomic mass is 32.1. The molecule has 27 heavy (non-hydrogen) atoms. The smallest absolute Gasteiger partial charge is 0.323 e. The van der Waals surface area contributed by atoms with Crippen LogP contribution in [0.25, 0.3) is 11.0 Å². The molecule has 1 aliphatic heterocycles. The van der Waals surface area contributed by atoms with Crippen molar-refractivity contribution >= 4 is 39.4 Å². The maximum absolute atomic E-state index is 12.7. The first-order valence-corrected chi connectivity index (χ1v) is 9.84. The summed E-state index contributed by atoms with van der Waals surface area (Å²) in [4.78, 5) is 33.9. The van der Waals surface area contributed by atoms with Gasteiger partial charge in [0, 0.05) is 37.4 Å². The number of nitrogens with zero attached hydrogens (tertiary/aromatic N) is 5. The molecule has 1 aliphatic rings. The molecule has 1 fully saturated rings. The van der Waals surface area contributed by atoms with E-state index >= 15 is 0 Å². The van der Waals surface area contributed by atoms with Crippen LogP contribution in [0.2, 0.25) is 0 Å². The Kier molecular flexibility index (Phi) is 4.69. The van der Waals surface area contributed by atoms with Crippen molar-refractivity contribution in [2.45, 2.75) is 26.3 Å². The Morgan fingerprint density at radius 1 is 1.41 bits per heavy atom. The first-order chi connectivity index (χ1) is 13.0. The standard InChI is InChI=1S/C18H23N7OS/c1-11-5-7-25(18(26)23-17-20-8-12(2)27-17)9-14(11)24(3)16-13-4-6-19-15(13)21-10-22-16/h4,6,8,10-11,14H,5,7,9H2,1-3H3,(H,19,21,22)(H,20,23,26). The van der Waals surface area contributed by atoms with Crippen LogP contribution in [0.3, 0.4) is 0 Å². The van der Waals surface area contributed by atoms with E-state index < -0.39 is 0 Å². The number of urea groups is 1. The number of hydrogen-bond acceptors (Lipinski definition) is 6. The van der Waals surface area contributed by atoms with Crippen LogP contribution in [0.15, 0.2) is 24.8 Å². The molecule has 4 heterocycles. The second-order valence-electron chi connectivity index (χ2n) is 7.03. The highest BCUT2D eigenvalue weighted by Crippen LogP contribution is 2.29. The highest BCUT2D eigenvalue weighted by molar-refractivity contribution is 7.15. The molecule has 2 amide bonds. The average molecular weight is 385 g/mol. The van der Waals surface area contributed by atoms with Crippen LogP contribution < -0.4 is 10.2 Å². The Balaban J connectivity index is 1.51. The zero-order valence-electron chi connectivity index (χ0n) is 15.6. The number of fused-ring (bicyclic) bond motifs is 1. The van der Waals surface area contributed by atoms with E-state index in [9.17, 15) is 4.79 Å². The number of anilines is 2. The van der Waals surface area contributed by atoms with Gasteiger partial charge < -0.3 is 14.8 Å². The minimum absolute atomic E-state index is 0.0934. The summed E-state index contributed by atoms with van der Waals surface area (Å²) in [5.41, 5.74) is 0.823. The molecule has 0 bridgehead atoms. The number of piperidine rings is 1. The van der Waals surface area contributed by atoms with Gasteiger partial charge >= 0.3 is 6.03 Å². The predicted octanol–water partition coefficient (Wildman–Crippen LogP) is 3.10. The molecule has 2 N–H and O–H groups in total. The number of nitrogens with one attached hydrogen (secondary N) is 2. The molecule has 0 radical (unpaired) electrons. The Morgan fingerprint density at radius 2 is 2.26 bits per heavy atom. The van der Waals surface area contributed by atoms with E-state index in [2.05, 4.69) is 37.1 Å². The van der Waals surface area contributed by atoms with Gasteiger partial charge in [-0.1, -0.05) is 6.92 Å². The lowest BCUT2D eigenvalue weighted by Crippen LogP contribution is -2.53. The minimum Gasteiger partial charge on any atom is -0.354 e. The number of amides is 2. The van der Waals surface area contributed by atoms with Crippen molar-refractivity contribution in [3.63, 3.8) is 0 Å². The second kappa shape index (κ2) is 7.15. The molecule has 0 aliphatic carbocycles. The molecule has 0 aromatic carbocycles. The predicted molar refractivity (Wildman–Crippen MR) is 107 cm³/mol. The molecule has 0 saturated carbocycles. The first-order valence-electron chi connectivity index (χ1n) is 9.02. The van der Waals surface area contributed by atoms with Crippen LogP contribution in [0.1, 0.15) is 18.2 Å². The van der Waals surface area contributed by atoms with Crippen LogP contribution >= 0.6 is 11.3 Å². The first kappa shape index (κ1) is 17.7. The van der Waals surface area contributed by atoms with Crippen molar-refractivity contribution in [3.05, 3.63) is 29.7 Å². The number of thiazole rings is 1. The Labute approximate surface area is 161 Å². The van der Waals surface area contributed by atoms with Crippen LogP contribution in [-0.4, -0.2) is 57.0 Å². The third-order valence-corrected chi connectivity index (χ3v) is 6.03. The molecule has 0 spiro atoms. The minimum atomic E-state index is -0.0934. The molecular weight excluding hydrogens is 362 g/mol. The van der Waals surface area contributed by atoms with Gasteiger partial charge in [-0.2, -0.15) is 0 Å². The zero-order chi connectivity index (χ0) is 19.0. The normalized spacial score (nSPS) is 20.0. The summed E-state index contributed by atoms with van der Waals surface area (Å²) in [6.07, 6.45) is 6.16. The number of aromatic nitrogens is 4. The van der Waals surface area contributed by atoms with E-state index in [1.165, 1.54) is 11.3 Å². The van der Waals surface area contributed by atoms with Crippen LogP contribution in [-0.2, 0) is 0 Å². The van der Waals surface area contributed by atoms with E-state index in [0.717, 1.165) is 34.7 Å². The van der Waals surface area contributed by atoms with E-state index in [0.29, 0.717) is 17.6 Å². The van der Waals surface area contributed by atoms with Crippen LogP contribution in [0.4, 0.5) is 15.7 Å². The van der Waals surface area contributed by atoms with E-state index in [1.54, 1.807) is 12.5 Å². The largest absolute Gasteiger partial charge is 0.354 e. The maximum atomic E-state index is 12.7. The summed E-state index contributed by atoms with van der Waals surface area (Å²) in [5, 5.41) is 4.55. The van der Waals surface area contributed by atoms with Gasteiger partial charge in [0.25, 0.3) is 0 Å². The van der Waals surface area contributed by atoms with Gasteiger partial charge in [-0.3, -0.25) is 5.32 Å². The summed E-state index contributed by atoms with van der Waals surface area (Å²) in [7, 11) is 2.04. The summed E-state index contributed by atoms with van der Waals surface area (Å²) < 4.78 is 0. The zero-order valence-corrected chi connectivity index (χ0v) is 16.5. The van der Waals surface area contributed by atoms with E-state index in [4.69, 9.17) is 0 Å². The number of likely N-dealkylation sites (tertiary alicyclic amines) is 1. The van der Waals surface area contributed by atoms with Gasteiger partial charge in [-0.05, 0) is 25.3 Å². The molecule has 2 atom stereocenters. The van der Waals surface area contributed by atoms with Gasteiger partial charge in [0.15, 0.2) is 5.13 Å². The van der Waals surface area contributed by atoms with E-state index in [-0.39, 0.29) is 12.1 Å². The monoisotopic (exact) mass is 385 g/mol. The Morgan fingerprint density at radius 3 is 3.04 bits per heavy atom. The molecule has 2 unspecified atom stereocenters. The lowest BCUT2D eigenvalue weighted by atomic mass is 9.92. The van der Waals surface area contributed by atoms with Crippen LogP contribution in [0, 0.1) is 12.8 Å². The van der Waals surface area contributed by atoms with Gasteiger partial charge in [0.1, 0.15) is 17.8 Å². The molecule has 3 aromatic rings. The number of aryl methyl sites for hydroxylation is 1. The SMILES string of the molecule is Cc1cnc(NC(=O)N2CCC(C)C(N(C)c3ncnc4[nH]ccc34)C2)s1. The molecule has 8 nitrogen and oxygen atoms in total. The second-order valence-corrected chi connectivity index (χ2v) is 8.27. The fourth-order valence-corrected chi connectivity index (χ4v) is 4.27.